The Morgan fingerprint density at radius 2 is 1.80 bits per heavy atom. The van der Waals surface area contributed by atoms with Crippen LogP contribution in [0.25, 0.3) is 11.3 Å². The third-order valence-electron chi connectivity index (χ3n) is 4.20. The van der Waals surface area contributed by atoms with Gasteiger partial charge in [-0.2, -0.15) is 0 Å². The molecule has 7 heteroatoms. The summed E-state index contributed by atoms with van der Waals surface area (Å²) in [6.07, 6.45) is 2.61. The van der Waals surface area contributed by atoms with E-state index in [9.17, 15) is 13.6 Å². The second-order valence-electron chi connectivity index (χ2n) is 6.51. The molecule has 3 aromatic rings. The van der Waals surface area contributed by atoms with Crippen LogP contribution in [0.1, 0.15) is 43.4 Å². The van der Waals surface area contributed by atoms with E-state index in [1.165, 1.54) is 6.07 Å². The second-order valence-corrected chi connectivity index (χ2v) is 6.51. The Morgan fingerprint density at radius 1 is 1.10 bits per heavy atom. The SMILES string of the molecule is C=C(C)c1cc(-n2c(C)cc(OCc3ncc(F)cc3F)cc2=O)c(C)cn1.CC. The summed E-state index contributed by atoms with van der Waals surface area (Å²) in [6, 6.07) is 5.53. The third kappa shape index (κ3) is 5.17. The Kier molecular flexibility index (Phi) is 7.58. The molecule has 0 fully saturated rings. The Labute approximate surface area is 174 Å². The molecule has 0 amide bonds. The van der Waals surface area contributed by atoms with Crippen LogP contribution in [0.3, 0.4) is 0 Å². The molecule has 0 unspecified atom stereocenters. The van der Waals surface area contributed by atoms with Gasteiger partial charge in [0, 0.05) is 30.1 Å². The van der Waals surface area contributed by atoms with Gasteiger partial charge in [-0.1, -0.05) is 20.4 Å². The lowest BCUT2D eigenvalue weighted by Crippen LogP contribution is -2.21. The average Bonchev–Trinajstić information content (AvgIpc) is 2.69. The van der Waals surface area contributed by atoms with Gasteiger partial charge in [-0.05, 0) is 38.0 Å². The molecule has 0 N–H and O–H groups in total. The van der Waals surface area contributed by atoms with Crippen LogP contribution < -0.4 is 10.3 Å². The van der Waals surface area contributed by atoms with E-state index in [1.54, 1.807) is 23.8 Å². The van der Waals surface area contributed by atoms with E-state index in [2.05, 4.69) is 16.5 Å². The van der Waals surface area contributed by atoms with E-state index in [0.29, 0.717) is 17.1 Å². The van der Waals surface area contributed by atoms with Gasteiger partial charge >= 0.3 is 0 Å². The summed E-state index contributed by atoms with van der Waals surface area (Å²) < 4.78 is 33.7. The highest BCUT2D eigenvalue weighted by Gasteiger charge is 2.12. The van der Waals surface area contributed by atoms with Gasteiger partial charge in [-0.3, -0.25) is 19.3 Å². The molecule has 5 nitrogen and oxygen atoms in total. The van der Waals surface area contributed by atoms with E-state index in [0.717, 1.165) is 23.4 Å². The van der Waals surface area contributed by atoms with E-state index in [1.807, 2.05) is 33.8 Å². The Bertz CT molecular complexity index is 1120. The van der Waals surface area contributed by atoms with Crippen LogP contribution in [0.15, 0.2) is 48.0 Å². The Balaban J connectivity index is 0.00000155. The standard InChI is InChI=1S/C21H19F2N3O2.C2H6/c1-12(2)18-8-20(13(3)9-24-18)26-14(4)5-16(7-21(26)27)28-11-19-17(23)6-15(22)10-25-19;1-2/h5-10H,1,11H2,2-4H3;1-2H3. The largest absolute Gasteiger partial charge is 0.487 e. The van der Waals surface area contributed by atoms with Crippen LogP contribution in [0.4, 0.5) is 8.78 Å². The van der Waals surface area contributed by atoms with E-state index in [-0.39, 0.29) is 23.6 Å². The minimum Gasteiger partial charge on any atom is -0.487 e. The van der Waals surface area contributed by atoms with Crippen molar-refractivity contribution in [2.45, 2.75) is 41.2 Å². The smallest absolute Gasteiger partial charge is 0.259 e. The van der Waals surface area contributed by atoms with Gasteiger partial charge in [-0.25, -0.2) is 8.78 Å². The summed E-state index contributed by atoms with van der Waals surface area (Å²) in [7, 11) is 0. The summed E-state index contributed by atoms with van der Waals surface area (Å²) >= 11 is 0. The zero-order valence-electron chi connectivity index (χ0n) is 17.8. The van der Waals surface area contributed by atoms with Gasteiger partial charge in [0.1, 0.15) is 23.9 Å². The predicted octanol–water partition coefficient (Wildman–Crippen LogP) is 5.16. The number of nitrogens with zero attached hydrogens (tertiary/aromatic N) is 3. The maximum atomic E-state index is 13.7. The lowest BCUT2D eigenvalue weighted by Gasteiger charge is -2.15. The number of allylic oxidation sites excluding steroid dienone is 1. The lowest BCUT2D eigenvalue weighted by molar-refractivity contribution is 0.292. The van der Waals surface area contributed by atoms with Crippen molar-refractivity contribution in [2.75, 3.05) is 0 Å². The number of rotatable bonds is 5. The van der Waals surface area contributed by atoms with Gasteiger partial charge in [0.2, 0.25) is 0 Å². The molecule has 0 aliphatic rings. The third-order valence-corrected chi connectivity index (χ3v) is 4.20. The van der Waals surface area contributed by atoms with Crippen LogP contribution in [-0.2, 0) is 6.61 Å². The lowest BCUT2D eigenvalue weighted by atomic mass is 10.1. The van der Waals surface area contributed by atoms with Crippen LogP contribution in [0, 0.1) is 25.5 Å². The molecule has 0 saturated heterocycles. The molecular weight excluding hydrogens is 388 g/mol. The summed E-state index contributed by atoms with van der Waals surface area (Å²) in [5.41, 5.74) is 3.32. The number of aromatic nitrogens is 3. The highest BCUT2D eigenvalue weighted by atomic mass is 19.1. The van der Waals surface area contributed by atoms with Crippen molar-refractivity contribution < 1.29 is 13.5 Å². The highest BCUT2D eigenvalue weighted by Crippen LogP contribution is 2.21. The maximum absolute atomic E-state index is 13.7. The van der Waals surface area contributed by atoms with Gasteiger partial charge < -0.3 is 4.74 Å². The molecule has 0 aliphatic carbocycles. The van der Waals surface area contributed by atoms with Gasteiger partial charge in [-0.15, -0.1) is 0 Å². The quantitative estimate of drug-likeness (QED) is 0.580. The van der Waals surface area contributed by atoms with Crippen molar-refractivity contribution >= 4 is 5.57 Å². The van der Waals surface area contributed by atoms with Crippen LogP contribution in [0.5, 0.6) is 5.75 Å². The zero-order valence-corrected chi connectivity index (χ0v) is 17.8. The molecule has 0 atom stereocenters. The number of ether oxygens (including phenoxy) is 1. The van der Waals surface area contributed by atoms with Gasteiger partial charge in [0.05, 0.1) is 17.6 Å². The van der Waals surface area contributed by atoms with E-state index < -0.39 is 11.6 Å². The monoisotopic (exact) mass is 413 g/mol. The highest BCUT2D eigenvalue weighted by molar-refractivity contribution is 5.61. The predicted molar refractivity (Wildman–Crippen MR) is 114 cm³/mol. The normalized spacial score (nSPS) is 10.2. The van der Waals surface area contributed by atoms with Crippen molar-refractivity contribution in [3.8, 4) is 11.4 Å². The number of hydrogen-bond acceptors (Lipinski definition) is 4. The average molecular weight is 413 g/mol. The molecular formula is C23H25F2N3O2. The second kappa shape index (κ2) is 9.91. The molecule has 0 radical (unpaired) electrons. The fourth-order valence-electron chi connectivity index (χ4n) is 2.75. The molecule has 0 aliphatic heterocycles. The van der Waals surface area contributed by atoms with Crippen molar-refractivity contribution in [1.29, 1.82) is 0 Å². The topological polar surface area (TPSA) is 57.0 Å². The molecule has 30 heavy (non-hydrogen) atoms. The zero-order chi connectivity index (χ0) is 22.4. The van der Waals surface area contributed by atoms with Gasteiger partial charge in [0.15, 0.2) is 5.82 Å². The van der Waals surface area contributed by atoms with E-state index >= 15 is 0 Å². The number of aryl methyl sites for hydroxylation is 2. The minimum absolute atomic E-state index is 0.0423. The van der Waals surface area contributed by atoms with Crippen molar-refractivity contribution in [2.24, 2.45) is 0 Å². The van der Waals surface area contributed by atoms with Crippen molar-refractivity contribution in [1.82, 2.24) is 14.5 Å². The molecule has 0 spiro atoms. The fraction of sp³-hybridized carbons (Fsp3) is 0.261. The molecule has 3 heterocycles. The first kappa shape index (κ1) is 22.9. The first-order valence-corrected chi connectivity index (χ1v) is 9.55. The number of hydrogen-bond donors (Lipinski definition) is 0. The number of pyridine rings is 3. The molecule has 0 saturated carbocycles. The number of halogens is 2. The summed E-state index contributed by atoms with van der Waals surface area (Å²) in [4.78, 5) is 20.7. The Hall–Kier alpha value is -3.35. The summed E-state index contributed by atoms with van der Waals surface area (Å²) in [6.45, 7) is 13.1. The first-order valence-electron chi connectivity index (χ1n) is 9.55. The van der Waals surface area contributed by atoms with Crippen LogP contribution in [-0.4, -0.2) is 14.5 Å². The van der Waals surface area contributed by atoms with E-state index in [4.69, 9.17) is 4.74 Å². The molecule has 158 valence electrons. The Morgan fingerprint density at radius 3 is 2.40 bits per heavy atom. The fourth-order valence-corrected chi connectivity index (χ4v) is 2.75. The summed E-state index contributed by atoms with van der Waals surface area (Å²) in [5.74, 6) is -1.29. The minimum atomic E-state index is -0.801. The molecule has 0 bridgehead atoms. The van der Waals surface area contributed by atoms with Crippen molar-refractivity contribution in [3.63, 3.8) is 0 Å². The summed E-state index contributed by atoms with van der Waals surface area (Å²) in [5, 5.41) is 0. The maximum Gasteiger partial charge on any atom is 0.259 e. The molecule has 0 aromatic carbocycles. The van der Waals surface area contributed by atoms with Crippen LogP contribution >= 0.6 is 0 Å². The molecule has 3 rings (SSSR count). The first-order chi connectivity index (χ1) is 14.3. The van der Waals surface area contributed by atoms with Crippen LogP contribution in [0.2, 0.25) is 0 Å². The van der Waals surface area contributed by atoms with Gasteiger partial charge in [0.25, 0.3) is 5.56 Å². The molecule has 3 aromatic heterocycles. The van der Waals surface area contributed by atoms with Crippen molar-refractivity contribution in [3.05, 3.63) is 87.9 Å².